The molecule has 3 N–H and O–H groups in total. The Morgan fingerprint density at radius 3 is 2.96 bits per heavy atom. The number of carbonyl (C=O) groups is 2. The average Bonchev–Trinajstić information content (AvgIpc) is 2.66. The summed E-state index contributed by atoms with van der Waals surface area (Å²) in [6.45, 7) is 0.454. The number of carboxylic acid groups (broad SMARTS) is 1. The van der Waals surface area contributed by atoms with Crippen LogP contribution in [-0.4, -0.2) is 33.5 Å². The molecular weight excluding hydrogens is 344 g/mol. The number of rotatable bonds is 5. The standard InChI is InChI=1S/C16H15ClN4O3.CH4/c17-10-3-4-11-12(7-10)20-13(22)6-9-8-19-16(21-15(9)11)18-5-1-2-14(23)24;/h3-4,7-8H,1-2,5-6H2,(H,20,22)(H,23,24)(H,18,19,21);1H4. The lowest BCUT2D eigenvalue weighted by atomic mass is 10.1. The zero-order valence-corrected chi connectivity index (χ0v) is 13.4. The fraction of sp³-hybridized carbons (Fsp3) is 0.294. The van der Waals surface area contributed by atoms with Gasteiger partial charge in [-0.25, -0.2) is 9.97 Å². The first-order chi connectivity index (χ1) is 11.5. The van der Waals surface area contributed by atoms with Gasteiger partial charge in [0.05, 0.1) is 17.8 Å². The number of aliphatic carboxylic acids is 1. The van der Waals surface area contributed by atoms with Crippen molar-refractivity contribution < 1.29 is 14.7 Å². The van der Waals surface area contributed by atoms with Crippen molar-refractivity contribution in [1.29, 1.82) is 0 Å². The van der Waals surface area contributed by atoms with Crippen LogP contribution < -0.4 is 10.6 Å². The highest BCUT2D eigenvalue weighted by Gasteiger charge is 2.21. The lowest BCUT2D eigenvalue weighted by Gasteiger charge is -2.10. The minimum Gasteiger partial charge on any atom is -0.481 e. The molecule has 1 aromatic carbocycles. The Labute approximate surface area is 150 Å². The maximum absolute atomic E-state index is 12.0. The molecule has 8 heteroatoms. The summed E-state index contributed by atoms with van der Waals surface area (Å²) in [6, 6.07) is 5.24. The first-order valence-electron chi connectivity index (χ1n) is 7.44. The Balaban J connectivity index is 0.00000225. The summed E-state index contributed by atoms with van der Waals surface area (Å²) >= 11 is 6.00. The largest absolute Gasteiger partial charge is 0.481 e. The maximum Gasteiger partial charge on any atom is 0.303 e. The Kier molecular flexibility index (Phi) is 5.93. The third-order valence-corrected chi connectivity index (χ3v) is 3.81. The Morgan fingerprint density at radius 2 is 2.20 bits per heavy atom. The maximum atomic E-state index is 12.0. The number of carbonyl (C=O) groups excluding carboxylic acids is 1. The second-order valence-electron chi connectivity index (χ2n) is 5.41. The van der Waals surface area contributed by atoms with Gasteiger partial charge in [0.25, 0.3) is 0 Å². The van der Waals surface area contributed by atoms with Gasteiger partial charge in [0, 0.05) is 35.3 Å². The van der Waals surface area contributed by atoms with Gasteiger partial charge >= 0.3 is 5.97 Å². The van der Waals surface area contributed by atoms with E-state index in [-0.39, 0.29) is 26.2 Å². The number of carboxylic acids is 1. The molecule has 7 nitrogen and oxygen atoms in total. The first-order valence-corrected chi connectivity index (χ1v) is 7.82. The fourth-order valence-electron chi connectivity index (χ4n) is 2.49. The number of anilines is 2. The van der Waals surface area contributed by atoms with Crippen molar-refractivity contribution in [3.8, 4) is 11.3 Å². The van der Waals surface area contributed by atoms with Crippen LogP contribution in [-0.2, 0) is 16.0 Å². The molecule has 0 bridgehead atoms. The summed E-state index contributed by atoms with van der Waals surface area (Å²) in [4.78, 5) is 31.2. The number of nitrogens with zero attached hydrogens (tertiary/aromatic N) is 2. The van der Waals surface area contributed by atoms with Gasteiger partial charge in [0.15, 0.2) is 0 Å². The van der Waals surface area contributed by atoms with Crippen LogP contribution in [0.3, 0.4) is 0 Å². The topological polar surface area (TPSA) is 104 Å². The molecule has 0 saturated heterocycles. The molecular formula is C17H19ClN4O3. The average molecular weight is 363 g/mol. The second kappa shape index (κ2) is 7.94. The second-order valence-corrected chi connectivity index (χ2v) is 5.84. The Morgan fingerprint density at radius 1 is 1.40 bits per heavy atom. The van der Waals surface area contributed by atoms with Crippen molar-refractivity contribution in [1.82, 2.24) is 9.97 Å². The highest BCUT2D eigenvalue weighted by Crippen LogP contribution is 2.34. The molecule has 132 valence electrons. The van der Waals surface area contributed by atoms with E-state index in [1.807, 2.05) is 6.07 Å². The zero-order valence-electron chi connectivity index (χ0n) is 12.7. The minimum absolute atomic E-state index is 0. The van der Waals surface area contributed by atoms with E-state index in [2.05, 4.69) is 20.6 Å². The highest BCUT2D eigenvalue weighted by atomic mass is 35.5. The van der Waals surface area contributed by atoms with E-state index >= 15 is 0 Å². The summed E-state index contributed by atoms with van der Waals surface area (Å²) < 4.78 is 0. The molecule has 0 spiro atoms. The van der Waals surface area contributed by atoms with E-state index in [1.54, 1.807) is 18.3 Å². The molecule has 0 saturated carbocycles. The molecule has 2 heterocycles. The van der Waals surface area contributed by atoms with Crippen molar-refractivity contribution in [3.05, 3.63) is 35.0 Å². The van der Waals surface area contributed by atoms with E-state index in [1.165, 1.54) is 0 Å². The third-order valence-electron chi connectivity index (χ3n) is 3.58. The number of benzene rings is 1. The number of aromatic nitrogens is 2. The van der Waals surface area contributed by atoms with Crippen LogP contribution in [0, 0.1) is 0 Å². The normalized spacial score (nSPS) is 12.1. The minimum atomic E-state index is -0.838. The molecule has 1 aliphatic rings. The summed E-state index contributed by atoms with van der Waals surface area (Å²) in [7, 11) is 0. The van der Waals surface area contributed by atoms with Crippen LogP contribution in [0.5, 0.6) is 0 Å². The van der Waals surface area contributed by atoms with Crippen molar-refractivity contribution in [2.45, 2.75) is 26.7 Å². The molecule has 0 atom stereocenters. The fourth-order valence-corrected chi connectivity index (χ4v) is 2.66. The summed E-state index contributed by atoms with van der Waals surface area (Å²) in [5.41, 5.74) is 2.78. The van der Waals surface area contributed by atoms with Gasteiger partial charge in [-0.15, -0.1) is 0 Å². The van der Waals surface area contributed by atoms with Gasteiger partial charge in [-0.3, -0.25) is 9.59 Å². The van der Waals surface area contributed by atoms with Crippen LogP contribution in [0.25, 0.3) is 11.3 Å². The number of nitrogens with one attached hydrogen (secondary N) is 2. The highest BCUT2D eigenvalue weighted by molar-refractivity contribution is 6.31. The molecule has 0 unspecified atom stereocenters. The van der Waals surface area contributed by atoms with E-state index in [9.17, 15) is 9.59 Å². The molecule has 1 aliphatic heterocycles. The molecule has 3 rings (SSSR count). The predicted molar refractivity (Wildman–Crippen MR) is 96.9 cm³/mol. The van der Waals surface area contributed by atoms with Gasteiger partial charge in [-0.2, -0.15) is 0 Å². The van der Waals surface area contributed by atoms with Crippen LogP contribution >= 0.6 is 11.6 Å². The van der Waals surface area contributed by atoms with Crippen LogP contribution in [0.1, 0.15) is 25.8 Å². The van der Waals surface area contributed by atoms with Gasteiger partial charge in [-0.1, -0.05) is 19.0 Å². The molecule has 0 radical (unpaired) electrons. The Bertz CT molecular complexity index is 810. The van der Waals surface area contributed by atoms with Crippen molar-refractivity contribution >= 4 is 35.1 Å². The van der Waals surface area contributed by atoms with E-state index in [0.717, 1.165) is 11.1 Å². The summed E-state index contributed by atoms with van der Waals surface area (Å²) in [5, 5.41) is 15.0. The Hall–Kier alpha value is -2.67. The number of hydrogen-bond acceptors (Lipinski definition) is 5. The summed E-state index contributed by atoms with van der Waals surface area (Å²) in [5.74, 6) is -0.590. The number of fused-ring (bicyclic) bond motifs is 3. The molecule has 1 amide bonds. The predicted octanol–water partition coefficient (Wildman–Crippen LogP) is 3.20. The van der Waals surface area contributed by atoms with E-state index in [0.29, 0.717) is 35.3 Å². The van der Waals surface area contributed by atoms with Crippen molar-refractivity contribution in [2.24, 2.45) is 0 Å². The molecule has 1 aromatic heterocycles. The summed E-state index contributed by atoms with van der Waals surface area (Å²) in [6.07, 6.45) is 2.35. The van der Waals surface area contributed by atoms with E-state index < -0.39 is 5.97 Å². The quantitative estimate of drug-likeness (QED) is 0.705. The SMILES string of the molecule is C.O=C(O)CCCNc1ncc2c(n1)-c1ccc(Cl)cc1NC(=O)C2. The van der Waals surface area contributed by atoms with Gasteiger partial charge < -0.3 is 15.7 Å². The lowest BCUT2D eigenvalue weighted by molar-refractivity contribution is -0.137. The molecule has 0 fully saturated rings. The molecule has 25 heavy (non-hydrogen) atoms. The third kappa shape index (κ3) is 4.45. The molecule has 2 aromatic rings. The smallest absolute Gasteiger partial charge is 0.303 e. The molecule has 0 aliphatic carbocycles. The monoisotopic (exact) mass is 362 g/mol. The van der Waals surface area contributed by atoms with Gasteiger partial charge in [0.1, 0.15) is 0 Å². The van der Waals surface area contributed by atoms with Crippen molar-refractivity contribution in [3.63, 3.8) is 0 Å². The van der Waals surface area contributed by atoms with E-state index in [4.69, 9.17) is 16.7 Å². The zero-order chi connectivity index (χ0) is 17.1. The first kappa shape index (κ1) is 18.7. The van der Waals surface area contributed by atoms with Gasteiger partial charge in [0.2, 0.25) is 11.9 Å². The van der Waals surface area contributed by atoms with Crippen LogP contribution in [0.2, 0.25) is 5.02 Å². The number of amides is 1. The number of hydrogen-bond donors (Lipinski definition) is 3. The van der Waals surface area contributed by atoms with Crippen molar-refractivity contribution in [2.75, 3.05) is 17.2 Å². The van der Waals surface area contributed by atoms with Gasteiger partial charge in [-0.05, 0) is 24.6 Å². The lowest BCUT2D eigenvalue weighted by Crippen LogP contribution is -2.13. The number of halogens is 1. The van der Waals surface area contributed by atoms with Crippen LogP contribution in [0.4, 0.5) is 11.6 Å². The van der Waals surface area contributed by atoms with Crippen LogP contribution in [0.15, 0.2) is 24.4 Å².